The Bertz CT molecular complexity index is 709. The molecule has 3 nitrogen and oxygen atoms in total. The third-order valence-corrected chi connectivity index (χ3v) is 3.32. The number of benzene rings is 2. The second-order valence-electron chi connectivity index (χ2n) is 4.77. The third kappa shape index (κ3) is 2.94. The summed E-state index contributed by atoms with van der Waals surface area (Å²) >= 11 is 0. The van der Waals surface area contributed by atoms with Crippen LogP contribution < -0.4 is 10.1 Å². The van der Waals surface area contributed by atoms with Gasteiger partial charge in [0.15, 0.2) is 0 Å². The van der Waals surface area contributed by atoms with Gasteiger partial charge in [-0.1, -0.05) is 36.4 Å². The summed E-state index contributed by atoms with van der Waals surface area (Å²) in [7, 11) is 0. The molecule has 0 spiro atoms. The summed E-state index contributed by atoms with van der Waals surface area (Å²) < 4.78 is 19.0. The highest BCUT2D eigenvalue weighted by Gasteiger charge is 2.16. The molecule has 0 bridgehead atoms. The minimum absolute atomic E-state index is 0.157. The number of carbonyl (C=O) groups is 1. The highest BCUT2D eigenvalue weighted by molar-refractivity contribution is 5.99. The number of para-hydroxylation sites is 1. The van der Waals surface area contributed by atoms with Gasteiger partial charge in [0.1, 0.15) is 18.2 Å². The van der Waals surface area contributed by atoms with Crippen molar-refractivity contribution in [1.29, 1.82) is 0 Å². The van der Waals surface area contributed by atoms with Crippen molar-refractivity contribution in [3.05, 3.63) is 71.0 Å². The fraction of sp³-hybridized carbons (Fsp3) is 0.118. The molecular weight excluding hydrogens is 269 g/mol. The van der Waals surface area contributed by atoms with Crippen LogP contribution in [-0.2, 0) is 11.3 Å². The second-order valence-corrected chi connectivity index (χ2v) is 4.77. The topological polar surface area (TPSA) is 38.3 Å². The number of nitrogens with one attached hydrogen (secondary N) is 1. The molecule has 2 aromatic rings. The maximum absolute atomic E-state index is 13.5. The summed E-state index contributed by atoms with van der Waals surface area (Å²) in [5, 5.41) is 2.71. The molecule has 0 radical (unpaired) electrons. The molecule has 1 amide bonds. The number of amides is 1. The van der Waals surface area contributed by atoms with Gasteiger partial charge in [-0.2, -0.15) is 0 Å². The highest BCUT2D eigenvalue weighted by Crippen LogP contribution is 2.25. The minimum Gasteiger partial charge on any atom is -0.488 e. The predicted octanol–water partition coefficient (Wildman–Crippen LogP) is 2.92. The van der Waals surface area contributed by atoms with E-state index in [0.717, 1.165) is 11.3 Å². The zero-order valence-corrected chi connectivity index (χ0v) is 11.3. The Hall–Kier alpha value is -2.62. The monoisotopic (exact) mass is 283 g/mol. The van der Waals surface area contributed by atoms with E-state index in [-0.39, 0.29) is 24.9 Å². The predicted molar refractivity (Wildman–Crippen MR) is 78.2 cm³/mol. The van der Waals surface area contributed by atoms with E-state index in [1.165, 1.54) is 6.07 Å². The van der Waals surface area contributed by atoms with E-state index in [2.05, 4.69) is 5.32 Å². The van der Waals surface area contributed by atoms with E-state index in [1.807, 2.05) is 24.3 Å². The Balaban J connectivity index is 1.70. The lowest BCUT2D eigenvalue weighted by Crippen LogP contribution is -2.28. The smallest absolute Gasteiger partial charge is 0.250 e. The lowest BCUT2D eigenvalue weighted by atomic mass is 10.1. The molecule has 0 aliphatic carbocycles. The maximum Gasteiger partial charge on any atom is 0.250 e. The Labute approximate surface area is 122 Å². The van der Waals surface area contributed by atoms with E-state index >= 15 is 0 Å². The van der Waals surface area contributed by atoms with Crippen LogP contribution in [0.1, 0.15) is 11.1 Å². The van der Waals surface area contributed by atoms with E-state index in [0.29, 0.717) is 11.1 Å². The molecular formula is C17H14FNO2. The fourth-order valence-corrected chi connectivity index (χ4v) is 2.18. The van der Waals surface area contributed by atoms with Crippen molar-refractivity contribution in [3.8, 4) is 5.75 Å². The first-order chi connectivity index (χ1) is 10.2. The zero-order chi connectivity index (χ0) is 14.7. The normalized spacial score (nSPS) is 12.9. The molecule has 0 unspecified atom stereocenters. The van der Waals surface area contributed by atoms with Crippen LogP contribution >= 0.6 is 0 Å². The average Bonchev–Trinajstić information content (AvgIpc) is 2.53. The molecule has 0 atom stereocenters. The van der Waals surface area contributed by atoms with Gasteiger partial charge in [-0.3, -0.25) is 4.79 Å². The molecule has 0 saturated carbocycles. The lowest BCUT2D eigenvalue weighted by Gasteiger charge is -2.17. The van der Waals surface area contributed by atoms with Gasteiger partial charge in [0.05, 0.1) is 5.57 Å². The summed E-state index contributed by atoms with van der Waals surface area (Å²) in [5.74, 6) is 0.202. The van der Waals surface area contributed by atoms with Crippen molar-refractivity contribution >= 4 is 12.0 Å². The quantitative estimate of drug-likeness (QED) is 0.940. The summed E-state index contributed by atoms with van der Waals surface area (Å²) in [6.07, 6.45) is 1.80. The number of hydrogen-bond donors (Lipinski definition) is 1. The van der Waals surface area contributed by atoms with Crippen molar-refractivity contribution in [2.45, 2.75) is 6.54 Å². The van der Waals surface area contributed by atoms with E-state index in [1.54, 1.807) is 24.3 Å². The van der Waals surface area contributed by atoms with Crippen molar-refractivity contribution < 1.29 is 13.9 Å². The number of ether oxygens (including phenoxy) is 1. The Morgan fingerprint density at radius 3 is 2.76 bits per heavy atom. The van der Waals surface area contributed by atoms with Gasteiger partial charge in [-0.25, -0.2) is 4.39 Å². The van der Waals surface area contributed by atoms with Crippen molar-refractivity contribution in [2.24, 2.45) is 0 Å². The van der Waals surface area contributed by atoms with Gasteiger partial charge in [0, 0.05) is 17.7 Å². The highest BCUT2D eigenvalue weighted by atomic mass is 19.1. The molecule has 0 aromatic heterocycles. The van der Waals surface area contributed by atoms with Crippen LogP contribution in [0.25, 0.3) is 6.08 Å². The van der Waals surface area contributed by atoms with Gasteiger partial charge in [0.25, 0.3) is 5.91 Å². The van der Waals surface area contributed by atoms with Crippen LogP contribution in [-0.4, -0.2) is 12.5 Å². The first-order valence-electron chi connectivity index (χ1n) is 6.68. The fourth-order valence-electron chi connectivity index (χ4n) is 2.18. The minimum atomic E-state index is -0.322. The summed E-state index contributed by atoms with van der Waals surface area (Å²) in [6.45, 7) is 0.380. The molecule has 0 fully saturated rings. The molecule has 1 N–H and O–H groups in total. The van der Waals surface area contributed by atoms with Crippen LogP contribution in [0, 0.1) is 5.82 Å². The van der Waals surface area contributed by atoms with Crippen molar-refractivity contribution in [1.82, 2.24) is 5.32 Å². The van der Waals surface area contributed by atoms with E-state index < -0.39 is 0 Å². The van der Waals surface area contributed by atoms with Gasteiger partial charge in [0.2, 0.25) is 0 Å². The molecule has 1 aliphatic heterocycles. The van der Waals surface area contributed by atoms with Gasteiger partial charge in [-0.05, 0) is 18.2 Å². The summed E-state index contributed by atoms with van der Waals surface area (Å²) in [5.41, 5.74) is 1.87. The molecule has 21 heavy (non-hydrogen) atoms. The largest absolute Gasteiger partial charge is 0.488 e. The number of rotatable bonds is 3. The molecule has 1 heterocycles. The molecule has 3 rings (SSSR count). The van der Waals surface area contributed by atoms with Crippen LogP contribution in [0.4, 0.5) is 4.39 Å². The van der Waals surface area contributed by atoms with Crippen LogP contribution in [0.2, 0.25) is 0 Å². The maximum atomic E-state index is 13.5. The molecule has 1 aliphatic rings. The average molecular weight is 283 g/mol. The number of hydrogen-bond acceptors (Lipinski definition) is 2. The van der Waals surface area contributed by atoms with Gasteiger partial charge < -0.3 is 10.1 Å². The second kappa shape index (κ2) is 5.79. The van der Waals surface area contributed by atoms with Crippen molar-refractivity contribution in [3.63, 3.8) is 0 Å². The van der Waals surface area contributed by atoms with Gasteiger partial charge in [-0.15, -0.1) is 0 Å². The lowest BCUT2D eigenvalue weighted by molar-refractivity contribution is -0.117. The van der Waals surface area contributed by atoms with Crippen molar-refractivity contribution in [2.75, 3.05) is 6.61 Å². The van der Waals surface area contributed by atoms with Crippen LogP contribution in [0.5, 0.6) is 5.75 Å². The third-order valence-electron chi connectivity index (χ3n) is 3.32. The SMILES string of the molecule is O=C(NCc1ccccc1F)C1=Cc2ccccc2OC1. The zero-order valence-electron chi connectivity index (χ0n) is 11.3. The first kappa shape index (κ1) is 13.4. The van der Waals surface area contributed by atoms with E-state index in [4.69, 9.17) is 4.74 Å². The molecule has 0 saturated heterocycles. The van der Waals surface area contributed by atoms with Crippen LogP contribution in [0.3, 0.4) is 0 Å². The molecule has 106 valence electrons. The van der Waals surface area contributed by atoms with E-state index in [9.17, 15) is 9.18 Å². The summed E-state index contributed by atoms with van der Waals surface area (Å²) in [6, 6.07) is 13.9. The van der Waals surface area contributed by atoms with Gasteiger partial charge >= 0.3 is 0 Å². The Morgan fingerprint density at radius 2 is 1.90 bits per heavy atom. The summed E-state index contributed by atoms with van der Waals surface area (Å²) in [4.78, 5) is 12.1. The number of carbonyl (C=O) groups excluding carboxylic acids is 1. The Morgan fingerprint density at radius 1 is 1.14 bits per heavy atom. The van der Waals surface area contributed by atoms with Crippen LogP contribution in [0.15, 0.2) is 54.1 Å². The standard InChI is InChI=1S/C17H14FNO2/c18-15-7-3-1-6-13(15)10-19-17(20)14-9-12-5-2-4-8-16(12)21-11-14/h1-9H,10-11H2,(H,19,20). The number of halogens is 1. The molecule has 2 aromatic carbocycles. The number of fused-ring (bicyclic) bond motifs is 1. The first-order valence-corrected chi connectivity index (χ1v) is 6.68. The molecule has 4 heteroatoms. The Kier molecular flexibility index (Phi) is 3.69.